The maximum absolute atomic E-state index is 12.4. The Kier molecular flexibility index (Phi) is 4.98. The Bertz CT molecular complexity index is 660. The highest BCUT2D eigenvalue weighted by molar-refractivity contribution is 7.75. The third-order valence-electron chi connectivity index (χ3n) is 5.13. The summed E-state index contributed by atoms with van der Waals surface area (Å²) >= 11 is 3.71. The van der Waals surface area contributed by atoms with Crippen LogP contribution in [0.5, 0.6) is 0 Å². The summed E-state index contributed by atoms with van der Waals surface area (Å²) in [6.07, 6.45) is 5.36. The van der Waals surface area contributed by atoms with E-state index in [1.165, 1.54) is 9.96 Å². The first-order valence-corrected chi connectivity index (χ1v) is 8.96. The van der Waals surface area contributed by atoms with Gasteiger partial charge in [0, 0.05) is 32.0 Å². The number of carbonyl (C=O) groups excluding carboxylic acids is 2. The van der Waals surface area contributed by atoms with Gasteiger partial charge in [-0.1, -0.05) is 0 Å². The van der Waals surface area contributed by atoms with Crippen molar-refractivity contribution in [3.8, 4) is 0 Å². The van der Waals surface area contributed by atoms with Gasteiger partial charge in [0.15, 0.2) is 0 Å². The van der Waals surface area contributed by atoms with E-state index >= 15 is 0 Å². The predicted molar refractivity (Wildman–Crippen MR) is 90.4 cm³/mol. The number of fused-ring (bicyclic) bond motifs is 2. The van der Waals surface area contributed by atoms with Crippen molar-refractivity contribution in [1.82, 2.24) is 35.8 Å². The highest BCUT2D eigenvalue weighted by Crippen LogP contribution is 2.30. The molecule has 4 atom stereocenters. The quantitative estimate of drug-likeness (QED) is 0.337. The van der Waals surface area contributed by atoms with Crippen LogP contribution in [-0.2, 0) is 13.9 Å². The number of hydrogen-bond donors (Lipinski definition) is 3. The van der Waals surface area contributed by atoms with Crippen LogP contribution in [0.4, 0.5) is 4.79 Å². The summed E-state index contributed by atoms with van der Waals surface area (Å²) in [5, 5.41) is 12.8. The van der Waals surface area contributed by atoms with Gasteiger partial charge >= 0.3 is 6.03 Å². The van der Waals surface area contributed by atoms with E-state index in [9.17, 15) is 9.59 Å². The topological polar surface area (TPSA) is 114 Å². The molecule has 1 aromatic heterocycles. The van der Waals surface area contributed by atoms with Gasteiger partial charge in [0.25, 0.3) is 5.91 Å². The smallest absolute Gasteiger partial charge is 0.309 e. The molecule has 26 heavy (non-hydrogen) atoms. The van der Waals surface area contributed by atoms with Crippen LogP contribution in [0.3, 0.4) is 0 Å². The van der Waals surface area contributed by atoms with Crippen LogP contribution >= 0.6 is 12.9 Å². The van der Waals surface area contributed by atoms with Gasteiger partial charge in [-0.25, -0.2) is 14.6 Å². The van der Waals surface area contributed by atoms with E-state index in [0.717, 1.165) is 13.0 Å². The normalized spacial score (nSPS) is 30.9. The molecule has 0 aliphatic carbocycles. The summed E-state index contributed by atoms with van der Waals surface area (Å²) in [4.78, 5) is 33.2. The number of rotatable bonds is 6. The average molecular weight is 383 g/mol. The zero-order valence-corrected chi connectivity index (χ0v) is 14.9. The lowest BCUT2D eigenvalue weighted by atomic mass is 10.0. The number of urea groups is 1. The minimum absolute atomic E-state index is 0.0551. The number of piperidine rings is 1. The Morgan fingerprint density at radius 3 is 2.92 bits per heavy atom. The lowest BCUT2D eigenvalue weighted by molar-refractivity contribution is -0.139. The predicted octanol–water partition coefficient (Wildman–Crippen LogP) is -0.726. The summed E-state index contributed by atoms with van der Waals surface area (Å²) in [5.74, 6) is -0.318. The lowest BCUT2D eigenvalue weighted by Gasteiger charge is -2.29. The SMILES string of the molecule is O=C(NOC[C@H]1C[C@@H](n2nccn2)CN1)C1CCC2CN1C(=O)N2OS. The molecule has 2 N–H and O–H groups in total. The van der Waals surface area contributed by atoms with E-state index in [4.69, 9.17) is 9.12 Å². The standard InChI is InChI=1S/C14H21N7O4S/c22-13(12-2-1-10-7-19(12)14(23)20(10)25-26)18-24-8-9-5-11(6-15-9)21-16-3-4-17-21/h3-4,9-12,15,26H,1-2,5-8H2,(H,18,22)/t9-,10?,11-,12?/m1/s1. The fourth-order valence-corrected chi connectivity index (χ4v) is 4.01. The average Bonchev–Trinajstić information content (AvgIpc) is 3.37. The van der Waals surface area contributed by atoms with Crippen molar-refractivity contribution in [2.75, 3.05) is 19.7 Å². The number of hydrogen-bond acceptors (Lipinski definition) is 8. The van der Waals surface area contributed by atoms with Gasteiger partial charge in [0.05, 0.1) is 31.1 Å². The number of aromatic nitrogens is 3. The minimum Gasteiger partial charge on any atom is -0.309 e. The molecule has 3 fully saturated rings. The molecule has 3 aliphatic heterocycles. The summed E-state index contributed by atoms with van der Waals surface area (Å²) in [6, 6.07) is -0.664. The maximum Gasteiger partial charge on any atom is 0.345 e. The van der Waals surface area contributed by atoms with Crippen LogP contribution in [0, 0.1) is 0 Å². The molecule has 1 aromatic rings. The largest absolute Gasteiger partial charge is 0.345 e. The number of amides is 3. The van der Waals surface area contributed by atoms with Gasteiger partial charge in [-0.15, -0.1) is 0 Å². The molecule has 12 heteroatoms. The molecule has 0 saturated carbocycles. The van der Waals surface area contributed by atoms with Crippen molar-refractivity contribution in [2.45, 2.75) is 43.4 Å². The monoisotopic (exact) mass is 383 g/mol. The van der Waals surface area contributed by atoms with Crippen molar-refractivity contribution in [3.63, 3.8) is 0 Å². The Morgan fingerprint density at radius 2 is 2.15 bits per heavy atom. The van der Waals surface area contributed by atoms with E-state index in [2.05, 4.69) is 33.9 Å². The molecule has 0 aromatic carbocycles. The fraction of sp³-hybridized carbons (Fsp3) is 0.714. The molecule has 4 rings (SSSR count). The molecule has 2 unspecified atom stereocenters. The number of hydroxylamine groups is 3. The van der Waals surface area contributed by atoms with Crippen molar-refractivity contribution in [3.05, 3.63) is 12.4 Å². The zero-order valence-electron chi connectivity index (χ0n) is 14.0. The first-order chi connectivity index (χ1) is 12.7. The number of nitrogens with one attached hydrogen (secondary N) is 2. The van der Waals surface area contributed by atoms with Crippen LogP contribution in [-0.4, -0.2) is 74.7 Å². The fourth-order valence-electron chi connectivity index (χ4n) is 3.81. The Labute approximate surface area is 155 Å². The lowest BCUT2D eigenvalue weighted by Crippen LogP contribution is -2.50. The molecule has 11 nitrogen and oxygen atoms in total. The van der Waals surface area contributed by atoms with Crippen LogP contribution in [0.15, 0.2) is 12.4 Å². The van der Waals surface area contributed by atoms with E-state index in [0.29, 0.717) is 26.0 Å². The Morgan fingerprint density at radius 1 is 1.35 bits per heavy atom. The number of nitrogens with zero attached hydrogens (tertiary/aromatic N) is 5. The van der Waals surface area contributed by atoms with E-state index in [-0.39, 0.29) is 30.1 Å². The number of thiol groups is 1. The molecule has 3 aliphatic rings. The highest BCUT2D eigenvalue weighted by atomic mass is 32.1. The molecular formula is C14H21N7O4S. The van der Waals surface area contributed by atoms with Crippen molar-refractivity contribution in [1.29, 1.82) is 0 Å². The van der Waals surface area contributed by atoms with Crippen LogP contribution in [0.1, 0.15) is 25.3 Å². The van der Waals surface area contributed by atoms with Gasteiger partial charge in [-0.3, -0.25) is 9.63 Å². The maximum atomic E-state index is 12.4. The summed E-state index contributed by atoms with van der Waals surface area (Å²) in [6.45, 7) is 1.54. The van der Waals surface area contributed by atoms with E-state index < -0.39 is 6.04 Å². The van der Waals surface area contributed by atoms with Crippen LogP contribution in [0.25, 0.3) is 0 Å². The highest BCUT2D eigenvalue weighted by Gasteiger charge is 2.48. The molecule has 142 valence electrons. The Balaban J connectivity index is 1.23. The molecule has 0 spiro atoms. The van der Waals surface area contributed by atoms with Gasteiger partial charge in [0.2, 0.25) is 0 Å². The Hall–Kier alpha value is -1.89. The minimum atomic E-state index is -0.551. The summed E-state index contributed by atoms with van der Waals surface area (Å²) in [7, 11) is 0. The molecule has 2 bridgehead atoms. The second-order valence-electron chi connectivity index (χ2n) is 6.71. The summed E-state index contributed by atoms with van der Waals surface area (Å²) < 4.78 is 4.81. The first kappa shape index (κ1) is 17.5. The first-order valence-electron chi connectivity index (χ1n) is 8.59. The van der Waals surface area contributed by atoms with Crippen LogP contribution in [0.2, 0.25) is 0 Å². The van der Waals surface area contributed by atoms with Crippen molar-refractivity contribution in [2.24, 2.45) is 0 Å². The van der Waals surface area contributed by atoms with Gasteiger partial charge in [-0.05, 0) is 19.3 Å². The van der Waals surface area contributed by atoms with Crippen LogP contribution < -0.4 is 10.8 Å². The van der Waals surface area contributed by atoms with Gasteiger partial charge in [0.1, 0.15) is 6.04 Å². The molecular weight excluding hydrogens is 362 g/mol. The molecule has 0 radical (unpaired) electrons. The van der Waals surface area contributed by atoms with Gasteiger partial charge in [-0.2, -0.15) is 20.1 Å². The third-order valence-corrected chi connectivity index (χ3v) is 5.31. The van der Waals surface area contributed by atoms with E-state index in [1.807, 2.05) is 0 Å². The van der Waals surface area contributed by atoms with E-state index in [1.54, 1.807) is 17.2 Å². The summed E-state index contributed by atoms with van der Waals surface area (Å²) in [5.41, 5.74) is 2.48. The zero-order chi connectivity index (χ0) is 18.1. The van der Waals surface area contributed by atoms with Crippen molar-refractivity contribution < 1.29 is 18.7 Å². The molecule has 3 amide bonds. The number of carbonyl (C=O) groups is 2. The van der Waals surface area contributed by atoms with Crippen molar-refractivity contribution >= 4 is 24.8 Å². The van der Waals surface area contributed by atoms with Gasteiger partial charge < -0.3 is 10.2 Å². The molecule has 4 heterocycles. The second-order valence-corrected chi connectivity index (χ2v) is 6.87. The second kappa shape index (κ2) is 7.39. The molecule has 3 saturated heterocycles. The third kappa shape index (κ3) is 3.24.